The highest BCUT2D eigenvalue weighted by Crippen LogP contribution is 2.40. The van der Waals surface area contributed by atoms with Gasteiger partial charge in [0.25, 0.3) is 0 Å². The van der Waals surface area contributed by atoms with Gasteiger partial charge in [-0.25, -0.2) is 8.42 Å². The lowest BCUT2D eigenvalue weighted by Crippen LogP contribution is -2.37. The molecule has 4 rings (SSSR count). The number of carboxylic acid groups (broad SMARTS) is 1. The second kappa shape index (κ2) is 7.28. The van der Waals surface area contributed by atoms with E-state index in [9.17, 15) is 18.0 Å². The second-order valence-corrected chi connectivity index (χ2v) is 10.2. The molecule has 2 atom stereocenters. The minimum Gasteiger partial charge on any atom is -0.481 e. The Hall–Kier alpha value is -2.27. The lowest BCUT2D eigenvalue weighted by molar-refractivity contribution is -0.138. The van der Waals surface area contributed by atoms with Crippen LogP contribution in [-0.4, -0.2) is 65.1 Å². The van der Waals surface area contributed by atoms with Gasteiger partial charge in [0.2, 0.25) is 12.7 Å². The van der Waals surface area contributed by atoms with Gasteiger partial charge in [0.05, 0.1) is 24.0 Å². The molecule has 2 fully saturated rings. The number of nitrogens with zero attached hydrogens (tertiary/aromatic N) is 2. The highest BCUT2D eigenvalue weighted by atomic mass is 32.2. The van der Waals surface area contributed by atoms with E-state index in [4.69, 9.17) is 14.6 Å². The van der Waals surface area contributed by atoms with Gasteiger partial charge in [0.15, 0.2) is 26.5 Å². The third kappa shape index (κ3) is 3.95. The number of benzene rings is 1. The van der Waals surface area contributed by atoms with Gasteiger partial charge in [-0.2, -0.15) is 4.99 Å². The quantitative estimate of drug-likeness (QED) is 0.731. The number of hydrogen-bond donors (Lipinski definition) is 1. The number of carboxylic acids is 1. The van der Waals surface area contributed by atoms with Crippen LogP contribution in [0.5, 0.6) is 11.5 Å². The minimum absolute atomic E-state index is 0.0115. The van der Waals surface area contributed by atoms with Gasteiger partial charge in [-0.1, -0.05) is 17.8 Å². The normalized spacial score (nSPS) is 25.9. The van der Waals surface area contributed by atoms with Crippen LogP contribution in [0.4, 0.5) is 0 Å². The van der Waals surface area contributed by atoms with E-state index in [1.54, 1.807) is 6.07 Å². The summed E-state index contributed by atoms with van der Waals surface area (Å²) in [5.74, 6) is -0.259. The van der Waals surface area contributed by atoms with Crippen LogP contribution in [0.1, 0.15) is 18.4 Å². The highest BCUT2D eigenvalue weighted by molar-refractivity contribution is 8.15. The number of ether oxygens (including phenoxy) is 2. The van der Waals surface area contributed by atoms with E-state index in [1.165, 1.54) is 11.8 Å². The standard InChI is InChI=1S/C17H18N2O7S2/c20-15(3-4-16(21)22)18-17-19(11-7-28(23,24)8-14(11)27-17)6-10-1-2-12-13(5-10)26-9-25-12/h1-2,5,11,14H,3-4,6-9H2,(H,21,22). The maximum atomic E-state index is 12.1. The molecule has 0 saturated carbocycles. The first-order valence-electron chi connectivity index (χ1n) is 8.66. The average Bonchev–Trinajstić information content (AvgIpc) is 3.27. The minimum atomic E-state index is -3.14. The first kappa shape index (κ1) is 19.1. The number of thioether (sulfide) groups is 1. The molecule has 3 heterocycles. The van der Waals surface area contributed by atoms with E-state index in [1.807, 2.05) is 17.0 Å². The van der Waals surface area contributed by atoms with Crippen molar-refractivity contribution in [3.8, 4) is 11.5 Å². The summed E-state index contributed by atoms with van der Waals surface area (Å²) in [6.45, 7) is 0.525. The number of carbonyl (C=O) groups excluding carboxylic acids is 1. The van der Waals surface area contributed by atoms with Crippen LogP contribution in [0.2, 0.25) is 0 Å². The molecular weight excluding hydrogens is 408 g/mol. The van der Waals surface area contributed by atoms with Crippen LogP contribution in [0.25, 0.3) is 0 Å². The van der Waals surface area contributed by atoms with Crippen molar-refractivity contribution in [2.24, 2.45) is 4.99 Å². The summed E-state index contributed by atoms with van der Waals surface area (Å²) in [5.41, 5.74) is 0.875. The Bertz CT molecular complexity index is 960. The van der Waals surface area contributed by atoms with E-state index < -0.39 is 21.7 Å². The maximum absolute atomic E-state index is 12.1. The zero-order chi connectivity index (χ0) is 19.9. The first-order valence-corrected chi connectivity index (χ1v) is 11.4. The second-order valence-electron chi connectivity index (χ2n) is 6.80. The van der Waals surface area contributed by atoms with E-state index in [2.05, 4.69) is 4.99 Å². The highest BCUT2D eigenvalue weighted by Gasteiger charge is 2.48. The molecule has 1 aromatic carbocycles. The van der Waals surface area contributed by atoms with Crippen LogP contribution in [0, 0.1) is 0 Å². The summed E-state index contributed by atoms with van der Waals surface area (Å²) >= 11 is 1.27. The zero-order valence-corrected chi connectivity index (χ0v) is 16.4. The van der Waals surface area contributed by atoms with E-state index in [0.717, 1.165) is 5.56 Å². The number of hydrogen-bond acceptors (Lipinski definition) is 7. The lowest BCUT2D eigenvalue weighted by atomic mass is 10.1. The Morgan fingerprint density at radius 3 is 2.79 bits per heavy atom. The largest absolute Gasteiger partial charge is 0.481 e. The van der Waals surface area contributed by atoms with E-state index in [0.29, 0.717) is 23.2 Å². The number of amides is 1. The number of carbonyl (C=O) groups is 2. The maximum Gasteiger partial charge on any atom is 0.303 e. The van der Waals surface area contributed by atoms with Gasteiger partial charge in [0.1, 0.15) is 0 Å². The van der Waals surface area contributed by atoms with Crippen LogP contribution < -0.4 is 9.47 Å². The summed E-state index contributed by atoms with van der Waals surface area (Å²) in [6.07, 6.45) is -0.478. The zero-order valence-electron chi connectivity index (χ0n) is 14.7. The van der Waals surface area contributed by atoms with E-state index >= 15 is 0 Å². The third-order valence-corrected chi connectivity index (χ3v) is 7.99. The molecule has 0 bridgehead atoms. The smallest absolute Gasteiger partial charge is 0.303 e. The Morgan fingerprint density at radius 1 is 1.21 bits per heavy atom. The number of amidine groups is 1. The molecule has 2 unspecified atom stereocenters. The number of rotatable bonds is 5. The molecule has 28 heavy (non-hydrogen) atoms. The van der Waals surface area contributed by atoms with Crippen LogP contribution in [-0.2, 0) is 26.0 Å². The molecule has 0 aromatic heterocycles. The predicted molar refractivity (Wildman–Crippen MR) is 101 cm³/mol. The number of aliphatic carboxylic acids is 1. The lowest BCUT2D eigenvalue weighted by Gasteiger charge is -2.24. The summed E-state index contributed by atoms with van der Waals surface area (Å²) in [5, 5.41) is 8.98. The molecule has 3 aliphatic heterocycles. The average molecular weight is 426 g/mol. The molecule has 1 aromatic rings. The molecule has 0 aliphatic carbocycles. The van der Waals surface area contributed by atoms with Gasteiger partial charge in [0, 0.05) is 18.2 Å². The Balaban J connectivity index is 1.57. The fraction of sp³-hybridized carbons (Fsp3) is 0.471. The monoisotopic (exact) mass is 426 g/mol. The van der Waals surface area contributed by atoms with Gasteiger partial charge in [-0.05, 0) is 17.7 Å². The van der Waals surface area contributed by atoms with Gasteiger partial charge < -0.3 is 19.5 Å². The summed E-state index contributed by atoms with van der Waals surface area (Å²) in [7, 11) is -3.14. The van der Waals surface area contributed by atoms with Crippen molar-refractivity contribution in [1.82, 2.24) is 4.90 Å². The van der Waals surface area contributed by atoms with Crippen molar-refractivity contribution < 1.29 is 32.6 Å². The predicted octanol–water partition coefficient (Wildman–Crippen LogP) is 0.877. The van der Waals surface area contributed by atoms with Crippen molar-refractivity contribution in [2.75, 3.05) is 18.3 Å². The molecule has 11 heteroatoms. The first-order chi connectivity index (χ1) is 13.3. The molecule has 0 radical (unpaired) electrons. The van der Waals surface area contributed by atoms with Crippen molar-refractivity contribution >= 4 is 38.6 Å². The number of aliphatic imine (C=N–C) groups is 1. The van der Waals surface area contributed by atoms with Gasteiger partial charge in [-0.15, -0.1) is 0 Å². The molecule has 1 N–H and O–H groups in total. The Morgan fingerprint density at radius 2 is 2.00 bits per heavy atom. The Labute approximate surface area is 165 Å². The van der Waals surface area contributed by atoms with Gasteiger partial charge in [-0.3, -0.25) is 9.59 Å². The van der Waals surface area contributed by atoms with Crippen molar-refractivity contribution in [2.45, 2.75) is 30.7 Å². The van der Waals surface area contributed by atoms with Crippen molar-refractivity contribution in [3.63, 3.8) is 0 Å². The third-order valence-electron chi connectivity index (χ3n) is 4.74. The van der Waals surface area contributed by atoms with Crippen LogP contribution in [0.3, 0.4) is 0 Å². The van der Waals surface area contributed by atoms with Crippen LogP contribution >= 0.6 is 11.8 Å². The molecule has 150 valence electrons. The Kier molecular flexibility index (Phi) is 4.96. The van der Waals surface area contributed by atoms with Crippen molar-refractivity contribution in [3.05, 3.63) is 23.8 Å². The summed E-state index contributed by atoms with van der Waals surface area (Å²) in [4.78, 5) is 28.6. The van der Waals surface area contributed by atoms with Crippen LogP contribution in [0.15, 0.2) is 23.2 Å². The molecule has 0 spiro atoms. The summed E-state index contributed by atoms with van der Waals surface area (Å²) in [6, 6.07) is 5.21. The fourth-order valence-electron chi connectivity index (χ4n) is 3.43. The molecular formula is C17H18N2O7S2. The van der Waals surface area contributed by atoms with Crippen molar-refractivity contribution in [1.29, 1.82) is 0 Å². The fourth-order valence-corrected chi connectivity index (χ4v) is 7.40. The summed E-state index contributed by atoms with van der Waals surface area (Å²) < 4.78 is 34.8. The molecule has 3 aliphatic rings. The topological polar surface area (TPSA) is 123 Å². The van der Waals surface area contributed by atoms with Gasteiger partial charge >= 0.3 is 5.97 Å². The SMILES string of the molecule is O=C(O)CCC(=O)N=C1SC2CS(=O)(=O)CC2N1Cc1ccc2c(c1)OCO2. The molecule has 9 nitrogen and oxygen atoms in total. The molecule has 2 saturated heterocycles. The van der Waals surface area contributed by atoms with E-state index in [-0.39, 0.29) is 42.4 Å². The molecule has 1 amide bonds. The number of fused-ring (bicyclic) bond motifs is 2. The number of sulfone groups is 1.